The number of ether oxygens (including phenoxy) is 8. The van der Waals surface area contributed by atoms with Gasteiger partial charge >= 0.3 is 11.9 Å². The molecule has 6 aliphatic rings. The Labute approximate surface area is 564 Å². The van der Waals surface area contributed by atoms with Crippen LogP contribution in [-0.4, -0.2) is 169 Å². The number of esters is 2. The lowest BCUT2D eigenvalue weighted by molar-refractivity contribution is -0.145. The van der Waals surface area contributed by atoms with E-state index in [1.54, 1.807) is 13.8 Å². The monoisotopic (exact) mass is 1340 g/mol. The summed E-state index contributed by atoms with van der Waals surface area (Å²) in [5.41, 5.74) is 1.16. The van der Waals surface area contributed by atoms with Crippen molar-refractivity contribution < 1.29 is 85.7 Å². The molecule has 4 amide bonds. The molecule has 6 saturated heterocycles. The number of aliphatic hydroxyl groups excluding tert-OH is 2. The Bertz CT molecular complexity index is 2890. The van der Waals surface area contributed by atoms with E-state index >= 15 is 0 Å². The molecule has 6 aliphatic heterocycles. The maximum absolute atomic E-state index is 13.1. The third-order valence-corrected chi connectivity index (χ3v) is 18.4. The van der Waals surface area contributed by atoms with E-state index in [9.17, 15) is 47.8 Å². The minimum absolute atomic E-state index is 0.0341. The van der Waals surface area contributed by atoms with E-state index in [1.807, 2.05) is 52.0 Å². The fraction of sp³-hybridized carbons (Fsp3) is 0.595. The summed E-state index contributed by atoms with van der Waals surface area (Å²) >= 11 is 0. The van der Waals surface area contributed by atoms with Gasteiger partial charge in [0.25, 0.3) is 0 Å². The van der Waals surface area contributed by atoms with Crippen LogP contribution in [-0.2, 0) is 57.1 Å². The lowest BCUT2D eigenvalue weighted by atomic mass is 9.87. The van der Waals surface area contributed by atoms with Crippen LogP contribution >= 0.6 is 0 Å². The highest BCUT2D eigenvalue weighted by atomic mass is 19.1. The number of halogens is 2. The van der Waals surface area contributed by atoms with E-state index in [2.05, 4.69) is 61.1 Å². The molecule has 6 heterocycles. The molecule has 0 radical (unpaired) electrons. The van der Waals surface area contributed by atoms with Crippen LogP contribution in [0.2, 0.25) is 0 Å². The van der Waals surface area contributed by atoms with Gasteiger partial charge < -0.3 is 69.4 Å². The molecule has 2 unspecified atom stereocenters. The van der Waals surface area contributed by atoms with Gasteiger partial charge in [-0.2, -0.15) is 0 Å². The lowest BCUT2D eigenvalue weighted by Crippen LogP contribution is -2.50. The van der Waals surface area contributed by atoms with Crippen LogP contribution < -0.4 is 21.3 Å². The largest absolute Gasteiger partial charge is 0.455 e. The lowest BCUT2D eigenvalue weighted by Gasteiger charge is -2.39. The van der Waals surface area contributed by atoms with Crippen LogP contribution in [0.1, 0.15) is 167 Å². The van der Waals surface area contributed by atoms with Crippen molar-refractivity contribution in [2.75, 3.05) is 26.3 Å². The van der Waals surface area contributed by atoms with Gasteiger partial charge in [-0.1, -0.05) is 88.1 Å². The quantitative estimate of drug-likeness (QED) is 0.0152. The Morgan fingerprint density at radius 3 is 1.29 bits per heavy atom. The standard InChI is InChI=1S/2C37H51FN2O8/c2*1-6-7-18-39-34(42)20-29-21-37(22-45-37)35(43)32(48-29)16-9-23(2)8-15-31-24(3)19-30(26(5)47-31)40-33(41)17-10-25(4)46-36(44)27-11-13-28(38)14-12-27/h2*8-14,16-17,24-26,29-32,35,43H,6-7,15,18-22H2,1-5H3,(H,39,42)(H,40,41)/b2*16-9+,17-10-,23-8+/t2*24-,25?,26+,29+,30+,31-,32+,35+,37+/m00/s1. The molecule has 96 heavy (non-hydrogen) atoms. The summed E-state index contributed by atoms with van der Waals surface area (Å²) in [6.07, 6.45) is 20.4. The fourth-order valence-corrected chi connectivity index (χ4v) is 12.3. The van der Waals surface area contributed by atoms with Crippen molar-refractivity contribution in [3.8, 4) is 0 Å². The summed E-state index contributed by atoms with van der Waals surface area (Å²) in [6.45, 7) is 21.7. The Kier molecular flexibility index (Phi) is 29.3. The number of carbonyl (C=O) groups excluding carboxylic acids is 6. The fourth-order valence-electron chi connectivity index (χ4n) is 12.3. The van der Waals surface area contributed by atoms with Crippen LogP contribution in [0.25, 0.3) is 0 Å². The van der Waals surface area contributed by atoms with Crippen molar-refractivity contribution in [1.29, 1.82) is 0 Å². The zero-order valence-electron chi connectivity index (χ0n) is 57.3. The Morgan fingerprint density at radius 1 is 0.583 bits per heavy atom. The number of carbonyl (C=O) groups is 6. The third-order valence-electron chi connectivity index (χ3n) is 18.4. The molecule has 0 aliphatic carbocycles. The van der Waals surface area contributed by atoms with Gasteiger partial charge in [-0.3, -0.25) is 19.2 Å². The number of amides is 4. The number of nitrogens with one attached hydrogen (secondary N) is 4. The topological polar surface area (TPSA) is 271 Å². The molecule has 8 rings (SSSR count). The van der Waals surface area contributed by atoms with Crippen LogP contribution in [0, 0.1) is 23.5 Å². The summed E-state index contributed by atoms with van der Waals surface area (Å²) < 4.78 is 73.0. The second kappa shape index (κ2) is 36.7. The van der Waals surface area contributed by atoms with Gasteiger partial charge in [-0.05, 0) is 153 Å². The molecule has 6 N–H and O–H groups in total. The highest BCUT2D eigenvalue weighted by Gasteiger charge is 2.59. The molecule has 2 aromatic carbocycles. The van der Waals surface area contributed by atoms with Crippen molar-refractivity contribution >= 4 is 35.6 Å². The molecule has 528 valence electrons. The smallest absolute Gasteiger partial charge is 0.338 e. The number of rotatable bonds is 28. The SMILES string of the molecule is CCCCNC(=O)C[C@@H]1C[C@@]2(CO2)[C@H](O)[C@@H](/C=C/C(C)=C/C[C@@H]2O[C@H](C)[C@H](NC(=O)/C=C\C(C)OC(=O)c3ccc(F)cc3)C[C@@H]2C)O1.CCCCNC(=O)C[C@@H]1C[C@@]2(CO2)[C@H](O)[C@@H](/C=C/C(C)=C/C[C@@H]2O[C@H](C)[C@H](NC(=O)/C=C\C(C)OC(=O)c3ccc(F)cc3)C[C@@H]2C)O1. The van der Waals surface area contributed by atoms with E-state index in [-0.39, 0.29) is 108 Å². The van der Waals surface area contributed by atoms with Gasteiger partial charge in [-0.25, -0.2) is 18.4 Å². The van der Waals surface area contributed by atoms with E-state index in [0.717, 1.165) is 49.7 Å². The van der Waals surface area contributed by atoms with Gasteiger partial charge in [0.2, 0.25) is 23.6 Å². The van der Waals surface area contributed by atoms with Crippen LogP contribution in [0.15, 0.2) is 120 Å². The van der Waals surface area contributed by atoms with Crippen LogP contribution in [0.4, 0.5) is 8.78 Å². The summed E-state index contributed by atoms with van der Waals surface area (Å²) in [7, 11) is 0. The highest BCUT2D eigenvalue weighted by molar-refractivity contribution is 5.91. The predicted molar refractivity (Wildman–Crippen MR) is 357 cm³/mol. The molecule has 6 fully saturated rings. The van der Waals surface area contributed by atoms with E-state index < -0.39 is 71.4 Å². The number of allylic oxidation sites excluding steroid dienone is 4. The first-order chi connectivity index (χ1) is 45.8. The zero-order chi connectivity index (χ0) is 69.7. The first-order valence-corrected chi connectivity index (χ1v) is 34.2. The van der Waals surface area contributed by atoms with Gasteiger partial charge in [-0.15, -0.1) is 0 Å². The molecular weight excluding hydrogens is 1240 g/mol. The first kappa shape index (κ1) is 76.6. The van der Waals surface area contributed by atoms with E-state index in [0.29, 0.717) is 52.0 Å². The molecule has 22 heteroatoms. The number of epoxide rings is 2. The second-order valence-electron chi connectivity index (χ2n) is 26.7. The molecule has 2 aromatic rings. The van der Waals surface area contributed by atoms with Crippen LogP contribution in [0.5, 0.6) is 0 Å². The van der Waals surface area contributed by atoms with Crippen molar-refractivity contribution in [2.45, 2.75) is 243 Å². The third kappa shape index (κ3) is 23.8. The molecule has 2 spiro atoms. The maximum atomic E-state index is 13.1. The van der Waals surface area contributed by atoms with Crippen molar-refractivity contribution in [1.82, 2.24) is 21.3 Å². The Hall–Kier alpha value is -6.76. The van der Waals surface area contributed by atoms with Crippen molar-refractivity contribution in [3.05, 3.63) is 143 Å². The first-order valence-electron chi connectivity index (χ1n) is 34.2. The zero-order valence-corrected chi connectivity index (χ0v) is 57.3. The number of hydrogen-bond acceptors (Lipinski definition) is 16. The number of benzene rings is 2. The minimum atomic E-state index is -0.801. The van der Waals surface area contributed by atoms with Gasteiger partial charge in [0.1, 0.15) is 59.5 Å². The van der Waals surface area contributed by atoms with Crippen molar-refractivity contribution in [3.63, 3.8) is 0 Å². The molecule has 0 aromatic heterocycles. The summed E-state index contributed by atoms with van der Waals surface area (Å²) in [5.74, 6) is -2.45. The Balaban J connectivity index is 0.000000271. The number of aliphatic hydroxyl groups is 2. The summed E-state index contributed by atoms with van der Waals surface area (Å²) in [6, 6.07) is 9.76. The predicted octanol–water partition coefficient (Wildman–Crippen LogP) is 9.42. The average molecular weight is 1340 g/mol. The summed E-state index contributed by atoms with van der Waals surface area (Å²) in [5, 5.41) is 33.7. The molecule has 0 saturated carbocycles. The number of hydrogen-bond donors (Lipinski definition) is 6. The molecule has 20 nitrogen and oxygen atoms in total. The van der Waals surface area contributed by atoms with Crippen molar-refractivity contribution in [2.24, 2.45) is 11.8 Å². The minimum Gasteiger partial charge on any atom is -0.455 e. The van der Waals surface area contributed by atoms with Gasteiger partial charge in [0.05, 0.1) is 85.9 Å². The van der Waals surface area contributed by atoms with Gasteiger partial charge in [0.15, 0.2) is 0 Å². The normalized spacial score (nSPS) is 31.1. The molecular formula is C74H102F2N4O16. The molecule has 0 bridgehead atoms. The van der Waals surface area contributed by atoms with Crippen LogP contribution in [0.3, 0.4) is 0 Å². The van der Waals surface area contributed by atoms with E-state index in [4.69, 9.17) is 37.9 Å². The maximum Gasteiger partial charge on any atom is 0.338 e. The number of unbranched alkanes of at least 4 members (excludes halogenated alkanes) is 2. The Morgan fingerprint density at radius 2 is 0.948 bits per heavy atom. The second-order valence-corrected chi connectivity index (χ2v) is 26.7. The average Bonchev–Trinajstić information content (AvgIpc) is 1.60. The van der Waals surface area contributed by atoms with E-state index in [1.165, 1.54) is 72.8 Å². The highest BCUT2D eigenvalue weighted by Crippen LogP contribution is 2.45. The van der Waals surface area contributed by atoms with Gasteiger partial charge in [0, 0.05) is 38.1 Å². The summed E-state index contributed by atoms with van der Waals surface area (Å²) in [4.78, 5) is 74.5. The molecule has 18 atom stereocenters.